The van der Waals surface area contributed by atoms with E-state index in [1.165, 1.54) is 23.3 Å². The molecular weight excluding hydrogens is 476 g/mol. The first-order valence-corrected chi connectivity index (χ1v) is 13.9. The maximum Gasteiger partial charge on any atom is 0.341 e. The number of rotatable bonds is 6. The minimum Gasteiger partial charge on any atom is -0.497 e. The number of esters is 1. The molecule has 1 aliphatic heterocycles. The number of nitrogens with zero attached hydrogens (tertiary/aromatic N) is 1. The number of carbonyl (C=O) groups excluding carboxylic acids is 2. The molecule has 3 atom stereocenters. The molecule has 7 nitrogen and oxygen atoms in total. The Bertz CT molecular complexity index is 1110. The predicted octanol–water partition coefficient (Wildman–Crippen LogP) is 4.73. The van der Waals surface area contributed by atoms with E-state index >= 15 is 0 Å². The van der Waals surface area contributed by atoms with E-state index in [1.807, 2.05) is 12.1 Å². The Hall–Kier alpha value is -2.42. The lowest BCUT2D eigenvalue weighted by Gasteiger charge is -2.52. The summed E-state index contributed by atoms with van der Waals surface area (Å²) in [7, 11) is 3.04. The number of nitrogens with one attached hydrogen (secondary N) is 1. The van der Waals surface area contributed by atoms with Crippen LogP contribution in [0.2, 0.25) is 0 Å². The van der Waals surface area contributed by atoms with Crippen molar-refractivity contribution in [3.63, 3.8) is 0 Å². The summed E-state index contributed by atoms with van der Waals surface area (Å²) in [6, 6.07) is 7.94. The number of methoxy groups -OCH3 is 2. The van der Waals surface area contributed by atoms with Crippen LogP contribution >= 0.6 is 11.3 Å². The summed E-state index contributed by atoms with van der Waals surface area (Å²) >= 11 is 1.51. The lowest BCUT2D eigenvalue weighted by atomic mass is 9.66. The smallest absolute Gasteiger partial charge is 0.341 e. The van der Waals surface area contributed by atoms with Gasteiger partial charge in [-0.25, -0.2) is 4.79 Å². The zero-order valence-electron chi connectivity index (χ0n) is 21.2. The number of hydrogen-bond acceptors (Lipinski definition) is 7. The fourth-order valence-corrected chi connectivity index (χ4v) is 7.78. The molecule has 0 bridgehead atoms. The van der Waals surface area contributed by atoms with Gasteiger partial charge in [0, 0.05) is 23.4 Å². The van der Waals surface area contributed by atoms with Crippen molar-refractivity contribution in [2.45, 2.75) is 69.4 Å². The molecule has 0 spiro atoms. The molecule has 2 aliphatic carbocycles. The standard InChI is InChI=1S/C28H36N2O5S/c1-34-19-12-10-18(11-13-19)25-21-8-5-6-14-28(21,33)15-16-30(25)17-23(31)29-26-24(27(32)35-2)20-7-3-4-9-22(20)36-26/h10-13,21,25,33H,3-9,14-17H2,1-2H3,(H,29,31)/t21-,25+,28+/m1/s1. The third-order valence-corrected chi connectivity index (χ3v) is 9.50. The number of aliphatic hydroxyl groups is 1. The van der Waals surface area contributed by atoms with E-state index in [0.717, 1.165) is 68.2 Å². The molecule has 1 saturated carbocycles. The van der Waals surface area contributed by atoms with Crippen molar-refractivity contribution in [3.8, 4) is 5.75 Å². The topological polar surface area (TPSA) is 88.1 Å². The number of piperidine rings is 1. The van der Waals surface area contributed by atoms with Gasteiger partial charge in [-0.15, -0.1) is 11.3 Å². The van der Waals surface area contributed by atoms with Crippen molar-refractivity contribution >= 4 is 28.2 Å². The SMILES string of the molecule is COC(=O)c1c(NC(=O)CN2CC[C@@]3(O)CCCC[C@@H]3[C@@H]2c2ccc(OC)cc2)sc2c1CCCC2. The fourth-order valence-electron chi connectivity index (χ4n) is 6.49. The van der Waals surface area contributed by atoms with Gasteiger partial charge in [0.1, 0.15) is 10.8 Å². The molecule has 2 heterocycles. The second kappa shape index (κ2) is 10.5. The van der Waals surface area contributed by atoms with Crippen LogP contribution in [0.1, 0.15) is 77.3 Å². The molecule has 8 heteroatoms. The van der Waals surface area contributed by atoms with Crippen LogP contribution in [-0.4, -0.2) is 54.8 Å². The highest BCUT2D eigenvalue weighted by Crippen LogP contribution is 2.49. The summed E-state index contributed by atoms with van der Waals surface area (Å²) in [6.07, 6.45) is 8.47. The molecular formula is C28H36N2O5S. The number of fused-ring (bicyclic) bond motifs is 2. The Labute approximate surface area is 216 Å². The van der Waals surface area contributed by atoms with Crippen LogP contribution in [0.4, 0.5) is 5.00 Å². The number of ether oxygens (including phenoxy) is 2. The highest BCUT2D eigenvalue weighted by molar-refractivity contribution is 7.17. The van der Waals surface area contributed by atoms with Crippen LogP contribution in [0, 0.1) is 5.92 Å². The molecule has 3 aliphatic rings. The Balaban J connectivity index is 1.40. The Morgan fingerprint density at radius 2 is 1.89 bits per heavy atom. The summed E-state index contributed by atoms with van der Waals surface area (Å²) in [6.45, 7) is 0.842. The molecule has 2 fully saturated rings. The molecule has 1 amide bonds. The summed E-state index contributed by atoms with van der Waals surface area (Å²) < 4.78 is 10.4. The van der Waals surface area contributed by atoms with Gasteiger partial charge in [-0.1, -0.05) is 25.0 Å². The Morgan fingerprint density at radius 1 is 1.11 bits per heavy atom. The summed E-state index contributed by atoms with van der Waals surface area (Å²) in [5.41, 5.74) is 1.96. The molecule has 194 valence electrons. The number of likely N-dealkylation sites (tertiary alicyclic amines) is 1. The number of anilines is 1. The van der Waals surface area contributed by atoms with E-state index in [1.54, 1.807) is 7.11 Å². The Kier molecular flexibility index (Phi) is 7.37. The first kappa shape index (κ1) is 25.2. The average molecular weight is 513 g/mol. The number of benzene rings is 1. The van der Waals surface area contributed by atoms with Crippen LogP contribution in [0.25, 0.3) is 0 Å². The van der Waals surface area contributed by atoms with Gasteiger partial charge < -0.3 is 19.9 Å². The zero-order chi connectivity index (χ0) is 25.3. The number of hydrogen-bond donors (Lipinski definition) is 2. The number of aryl methyl sites for hydroxylation is 1. The van der Waals surface area contributed by atoms with Gasteiger partial charge in [0.25, 0.3) is 0 Å². The minimum atomic E-state index is -0.694. The minimum absolute atomic E-state index is 0.0580. The predicted molar refractivity (Wildman–Crippen MR) is 140 cm³/mol. The van der Waals surface area contributed by atoms with Crippen molar-refractivity contribution in [3.05, 3.63) is 45.8 Å². The number of amides is 1. The average Bonchev–Trinajstić information content (AvgIpc) is 3.26. The fraction of sp³-hybridized carbons (Fsp3) is 0.571. The molecule has 0 unspecified atom stereocenters. The lowest BCUT2D eigenvalue weighted by molar-refractivity contribution is -0.135. The van der Waals surface area contributed by atoms with Gasteiger partial charge in [0.2, 0.25) is 5.91 Å². The van der Waals surface area contributed by atoms with E-state index in [0.29, 0.717) is 23.5 Å². The number of thiophene rings is 1. The summed E-state index contributed by atoms with van der Waals surface area (Å²) in [5, 5.41) is 15.2. The van der Waals surface area contributed by atoms with E-state index < -0.39 is 5.60 Å². The van der Waals surface area contributed by atoms with Crippen molar-refractivity contribution in [2.24, 2.45) is 5.92 Å². The maximum absolute atomic E-state index is 13.4. The van der Waals surface area contributed by atoms with Crippen molar-refractivity contribution in [1.82, 2.24) is 4.90 Å². The van der Waals surface area contributed by atoms with Crippen LogP contribution < -0.4 is 10.1 Å². The second-order valence-electron chi connectivity index (χ2n) is 10.3. The first-order valence-electron chi connectivity index (χ1n) is 13.1. The van der Waals surface area contributed by atoms with E-state index in [9.17, 15) is 14.7 Å². The van der Waals surface area contributed by atoms with Crippen molar-refractivity contribution in [2.75, 3.05) is 32.6 Å². The van der Waals surface area contributed by atoms with Crippen LogP contribution in [-0.2, 0) is 22.4 Å². The van der Waals surface area contributed by atoms with Gasteiger partial charge in [-0.2, -0.15) is 0 Å². The largest absolute Gasteiger partial charge is 0.497 e. The quantitative estimate of drug-likeness (QED) is 0.544. The molecule has 1 aromatic carbocycles. The second-order valence-corrected chi connectivity index (χ2v) is 11.5. The van der Waals surface area contributed by atoms with Crippen LogP contribution in [0.15, 0.2) is 24.3 Å². The van der Waals surface area contributed by atoms with Crippen LogP contribution in [0.5, 0.6) is 5.75 Å². The van der Waals surface area contributed by atoms with E-state index in [4.69, 9.17) is 9.47 Å². The normalized spacial score (nSPS) is 26.0. The molecule has 2 N–H and O–H groups in total. The van der Waals surface area contributed by atoms with Gasteiger partial charge >= 0.3 is 5.97 Å². The van der Waals surface area contributed by atoms with Crippen molar-refractivity contribution in [1.29, 1.82) is 0 Å². The molecule has 1 aromatic heterocycles. The third-order valence-electron chi connectivity index (χ3n) is 8.29. The number of carbonyl (C=O) groups is 2. The monoisotopic (exact) mass is 512 g/mol. The van der Waals surface area contributed by atoms with Crippen molar-refractivity contribution < 1.29 is 24.2 Å². The maximum atomic E-state index is 13.4. The zero-order valence-corrected chi connectivity index (χ0v) is 22.0. The third kappa shape index (κ3) is 4.78. The summed E-state index contributed by atoms with van der Waals surface area (Å²) in [4.78, 5) is 29.4. The molecule has 5 rings (SSSR count). The van der Waals surface area contributed by atoms with E-state index in [-0.39, 0.29) is 30.4 Å². The van der Waals surface area contributed by atoms with Gasteiger partial charge in [0.15, 0.2) is 0 Å². The van der Waals surface area contributed by atoms with Gasteiger partial charge in [0.05, 0.1) is 31.9 Å². The highest BCUT2D eigenvalue weighted by atomic mass is 32.1. The molecule has 0 radical (unpaired) electrons. The molecule has 1 saturated heterocycles. The van der Waals surface area contributed by atoms with Gasteiger partial charge in [-0.3, -0.25) is 9.69 Å². The van der Waals surface area contributed by atoms with Gasteiger partial charge in [-0.05, 0) is 68.2 Å². The highest BCUT2D eigenvalue weighted by Gasteiger charge is 2.49. The Morgan fingerprint density at radius 3 is 2.64 bits per heavy atom. The van der Waals surface area contributed by atoms with E-state index in [2.05, 4.69) is 22.3 Å². The summed E-state index contributed by atoms with van der Waals surface area (Å²) in [5.74, 6) is 0.334. The molecule has 2 aromatic rings. The molecule has 36 heavy (non-hydrogen) atoms. The first-order chi connectivity index (χ1) is 17.4. The lowest BCUT2D eigenvalue weighted by Crippen LogP contribution is -2.56. The van der Waals surface area contributed by atoms with Crippen LogP contribution in [0.3, 0.4) is 0 Å².